The molecule has 1 aromatic heterocycles. The summed E-state index contributed by atoms with van der Waals surface area (Å²) in [6.45, 7) is 5.48. The molecule has 6 nitrogen and oxygen atoms in total. The second-order valence-corrected chi connectivity index (χ2v) is 9.25. The SMILES string of the molecule is Cc1ccc(N2CC(C(=O)Nc3ccc(-c4cn5c(n4)SCC5)cc3)CC2=O)cc1C. The van der Waals surface area contributed by atoms with Gasteiger partial charge in [-0.1, -0.05) is 30.0 Å². The normalized spacial score (nSPS) is 17.8. The van der Waals surface area contributed by atoms with E-state index in [9.17, 15) is 9.59 Å². The molecular formula is C24H24N4O2S. The third-order valence-corrected chi connectivity index (χ3v) is 7.02. The summed E-state index contributed by atoms with van der Waals surface area (Å²) in [5.41, 5.74) is 5.89. The highest BCUT2D eigenvalue weighted by atomic mass is 32.2. The van der Waals surface area contributed by atoms with E-state index in [4.69, 9.17) is 0 Å². The Morgan fingerprint density at radius 1 is 1.13 bits per heavy atom. The predicted molar refractivity (Wildman–Crippen MR) is 123 cm³/mol. The summed E-state index contributed by atoms with van der Waals surface area (Å²) in [5.74, 6) is 0.592. The van der Waals surface area contributed by atoms with Crippen molar-refractivity contribution in [3.05, 3.63) is 59.8 Å². The van der Waals surface area contributed by atoms with Crippen LogP contribution in [0.25, 0.3) is 11.3 Å². The average Bonchev–Trinajstić information content (AvgIpc) is 3.45. The summed E-state index contributed by atoms with van der Waals surface area (Å²) in [6, 6.07) is 13.7. The minimum atomic E-state index is -0.359. The summed E-state index contributed by atoms with van der Waals surface area (Å²) >= 11 is 1.77. The molecule has 2 aromatic carbocycles. The molecule has 7 heteroatoms. The van der Waals surface area contributed by atoms with Crippen LogP contribution in [-0.4, -0.2) is 33.7 Å². The van der Waals surface area contributed by atoms with Crippen LogP contribution in [0.1, 0.15) is 17.5 Å². The number of anilines is 2. The number of hydrogen-bond acceptors (Lipinski definition) is 4. The first-order valence-corrected chi connectivity index (χ1v) is 11.5. The smallest absolute Gasteiger partial charge is 0.229 e. The van der Waals surface area contributed by atoms with Crippen molar-refractivity contribution in [2.24, 2.45) is 5.92 Å². The van der Waals surface area contributed by atoms with E-state index in [1.807, 2.05) is 56.3 Å². The minimum absolute atomic E-state index is 0.00977. The van der Waals surface area contributed by atoms with E-state index in [1.165, 1.54) is 5.56 Å². The Bertz CT molecular complexity index is 1150. The Labute approximate surface area is 185 Å². The van der Waals surface area contributed by atoms with E-state index in [-0.39, 0.29) is 24.2 Å². The van der Waals surface area contributed by atoms with Gasteiger partial charge in [-0.2, -0.15) is 0 Å². The first-order chi connectivity index (χ1) is 15.0. The van der Waals surface area contributed by atoms with Crippen molar-refractivity contribution in [1.29, 1.82) is 0 Å². The Balaban J connectivity index is 1.24. The molecule has 3 aromatic rings. The molecule has 0 aliphatic carbocycles. The zero-order valence-electron chi connectivity index (χ0n) is 17.6. The number of carbonyl (C=O) groups excluding carboxylic acids is 2. The van der Waals surface area contributed by atoms with Gasteiger partial charge in [0.05, 0.1) is 11.6 Å². The summed E-state index contributed by atoms with van der Waals surface area (Å²) < 4.78 is 2.17. The first kappa shape index (κ1) is 19.9. The molecule has 158 valence electrons. The summed E-state index contributed by atoms with van der Waals surface area (Å²) in [4.78, 5) is 31.7. The molecule has 3 heterocycles. The van der Waals surface area contributed by atoms with Gasteiger partial charge in [0.15, 0.2) is 5.16 Å². The van der Waals surface area contributed by atoms with Gasteiger partial charge in [-0.15, -0.1) is 0 Å². The number of nitrogens with zero attached hydrogens (tertiary/aromatic N) is 3. The molecule has 1 N–H and O–H groups in total. The van der Waals surface area contributed by atoms with Crippen molar-refractivity contribution in [2.45, 2.75) is 32.0 Å². The molecular weight excluding hydrogens is 408 g/mol. The van der Waals surface area contributed by atoms with E-state index >= 15 is 0 Å². The van der Waals surface area contributed by atoms with E-state index in [1.54, 1.807) is 16.7 Å². The summed E-state index contributed by atoms with van der Waals surface area (Å²) in [6.07, 6.45) is 2.31. The lowest BCUT2D eigenvalue weighted by molar-refractivity contribution is -0.122. The zero-order chi connectivity index (χ0) is 21.5. The lowest BCUT2D eigenvalue weighted by atomic mass is 10.1. The van der Waals surface area contributed by atoms with Gasteiger partial charge in [0.25, 0.3) is 0 Å². The Kier molecular flexibility index (Phi) is 5.06. The van der Waals surface area contributed by atoms with Crippen LogP contribution in [0.5, 0.6) is 0 Å². The number of aromatic nitrogens is 2. The highest BCUT2D eigenvalue weighted by Gasteiger charge is 2.35. The molecule has 0 saturated carbocycles. The third kappa shape index (κ3) is 3.85. The van der Waals surface area contributed by atoms with Crippen LogP contribution in [0.3, 0.4) is 0 Å². The number of nitrogens with one attached hydrogen (secondary N) is 1. The maximum atomic E-state index is 12.8. The van der Waals surface area contributed by atoms with Gasteiger partial charge in [-0.3, -0.25) is 9.59 Å². The molecule has 1 unspecified atom stereocenters. The molecule has 0 spiro atoms. The van der Waals surface area contributed by atoms with Crippen molar-refractivity contribution in [3.8, 4) is 11.3 Å². The molecule has 0 bridgehead atoms. The van der Waals surface area contributed by atoms with Crippen molar-refractivity contribution in [2.75, 3.05) is 22.5 Å². The van der Waals surface area contributed by atoms with Crippen molar-refractivity contribution in [1.82, 2.24) is 9.55 Å². The topological polar surface area (TPSA) is 67.2 Å². The fraction of sp³-hybridized carbons (Fsp3) is 0.292. The lowest BCUT2D eigenvalue weighted by Gasteiger charge is -2.18. The van der Waals surface area contributed by atoms with Crippen LogP contribution in [-0.2, 0) is 16.1 Å². The fourth-order valence-electron chi connectivity index (χ4n) is 4.04. The Hall–Kier alpha value is -3.06. The van der Waals surface area contributed by atoms with Gasteiger partial charge in [-0.05, 0) is 49.2 Å². The third-order valence-electron chi connectivity index (χ3n) is 6.05. The van der Waals surface area contributed by atoms with Crippen LogP contribution in [0.15, 0.2) is 53.8 Å². The number of benzene rings is 2. The van der Waals surface area contributed by atoms with Crippen molar-refractivity contribution >= 4 is 35.0 Å². The lowest BCUT2D eigenvalue weighted by Crippen LogP contribution is -2.28. The van der Waals surface area contributed by atoms with Crippen LogP contribution in [0, 0.1) is 19.8 Å². The molecule has 2 aliphatic rings. The second kappa shape index (κ2) is 7.89. The fourth-order valence-corrected chi connectivity index (χ4v) is 4.99. The molecule has 1 fully saturated rings. The highest BCUT2D eigenvalue weighted by molar-refractivity contribution is 7.99. The average molecular weight is 433 g/mol. The number of carbonyl (C=O) groups is 2. The number of fused-ring (bicyclic) bond motifs is 1. The van der Waals surface area contributed by atoms with E-state index < -0.39 is 0 Å². The van der Waals surface area contributed by atoms with Crippen LogP contribution < -0.4 is 10.2 Å². The van der Waals surface area contributed by atoms with Crippen LogP contribution in [0.2, 0.25) is 0 Å². The molecule has 2 amide bonds. The predicted octanol–water partition coefficient (Wildman–Crippen LogP) is 4.26. The minimum Gasteiger partial charge on any atom is -0.326 e. The molecule has 1 atom stereocenters. The van der Waals surface area contributed by atoms with Gasteiger partial charge in [-0.25, -0.2) is 4.98 Å². The number of hydrogen-bond donors (Lipinski definition) is 1. The Morgan fingerprint density at radius 2 is 1.94 bits per heavy atom. The molecule has 0 radical (unpaired) electrons. The van der Waals surface area contributed by atoms with Crippen molar-refractivity contribution in [3.63, 3.8) is 0 Å². The van der Waals surface area contributed by atoms with Gasteiger partial charge in [0, 0.05) is 48.4 Å². The number of amides is 2. The van der Waals surface area contributed by atoms with E-state index in [2.05, 4.69) is 21.1 Å². The zero-order valence-corrected chi connectivity index (χ0v) is 18.4. The molecule has 2 aliphatic heterocycles. The molecule has 1 saturated heterocycles. The standard InChI is InChI=1S/C24H24N4O2S/c1-15-3-8-20(11-16(15)2)28-13-18(12-22(28)29)23(30)25-19-6-4-17(5-7-19)21-14-27-9-10-31-24(27)26-21/h3-8,11,14,18H,9-10,12-13H2,1-2H3,(H,25,30). The summed E-state index contributed by atoms with van der Waals surface area (Å²) in [7, 11) is 0. The first-order valence-electron chi connectivity index (χ1n) is 10.5. The largest absolute Gasteiger partial charge is 0.326 e. The quantitative estimate of drug-likeness (QED) is 0.669. The van der Waals surface area contributed by atoms with Crippen molar-refractivity contribution < 1.29 is 9.59 Å². The van der Waals surface area contributed by atoms with E-state index in [0.29, 0.717) is 6.54 Å². The number of rotatable bonds is 4. The second-order valence-electron chi connectivity index (χ2n) is 8.19. The van der Waals surface area contributed by atoms with Gasteiger partial charge in [0.1, 0.15) is 0 Å². The van der Waals surface area contributed by atoms with E-state index in [0.717, 1.165) is 45.6 Å². The number of aryl methyl sites for hydroxylation is 3. The summed E-state index contributed by atoms with van der Waals surface area (Å²) in [5, 5.41) is 4.03. The van der Waals surface area contributed by atoms with Gasteiger partial charge >= 0.3 is 0 Å². The van der Waals surface area contributed by atoms with Gasteiger partial charge < -0.3 is 14.8 Å². The van der Waals surface area contributed by atoms with Crippen LogP contribution in [0.4, 0.5) is 11.4 Å². The monoisotopic (exact) mass is 432 g/mol. The Morgan fingerprint density at radius 3 is 2.68 bits per heavy atom. The maximum absolute atomic E-state index is 12.8. The van der Waals surface area contributed by atoms with Crippen LogP contribution >= 0.6 is 11.8 Å². The molecule has 31 heavy (non-hydrogen) atoms. The number of imidazole rings is 1. The van der Waals surface area contributed by atoms with Gasteiger partial charge in [0.2, 0.25) is 11.8 Å². The number of thioether (sulfide) groups is 1. The molecule has 5 rings (SSSR count). The maximum Gasteiger partial charge on any atom is 0.229 e. The highest BCUT2D eigenvalue weighted by Crippen LogP contribution is 2.30.